The molecular weight excluding hydrogens is 446 g/mol. The zero-order valence-electron chi connectivity index (χ0n) is 18.3. The van der Waals surface area contributed by atoms with E-state index < -0.39 is 21.9 Å². The lowest BCUT2D eigenvalue weighted by Crippen LogP contribution is -2.41. The molecule has 0 unspecified atom stereocenters. The fraction of sp³-hybridized carbons (Fsp3) is 0.348. The summed E-state index contributed by atoms with van der Waals surface area (Å²) < 4.78 is 32.2. The second-order valence-electron chi connectivity index (χ2n) is 7.71. The molecule has 0 aliphatic carbocycles. The summed E-state index contributed by atoms with van der Waals surface area (Å²) in [6.45, 7) is 2.32. The van der Waals surface area contributed by atoms with Crippen molar-refractivity contribution in [2.24, 2.45) is 11.7 Å². The van der Waals surface area contributed by atoms with Crippen LogP contribution in [0, 0.1) is 5.92 Å². The molecule has 176 valence electrons. The van der Waals surface area contributed by atoms with Crippen molar-refractivity contribution in [1.29, 1.82) is 0 Å². The Kier molecular flexibility index (Phi) is 7.83. The van der Waals surface area contributed by atoms with Gasteiger partial charge in [0.15, 0.2) is 0 Å². The number of rotatable bonds is 8. The van der Waals surface area contributed by atoms with Gasteiger partial charge in [-0.15, -0.1) is 0 Å². The van der Waals surface area contributed by atoms with Crippen molar-refractivity contribution in [3.63, 3.8) is 0 Å². The molecular formula is C23H27N3O6S. The summed E-state index contributed by atoms with van der Waals surface area (Å²) in [5, 5.41) is 2.84. The number of benzene rings is 2. The number of sulfonamides is 1. The van der Waals surface area contributed by atoms with E-state index in [2.05, 4.69) is 5.32 Å². The Morgan fingerprint density at radius 1 is 1.06 bits per heavy atom. The molecule has 9 nitrogen and oxygen atoms in total. The number of anilines is 1. The molecule has 1 aliphatic rings. The van der Waals surface area contributed by atoms with Crippen LogP contribution in [0.3, 0.4) is 0 Å². The molecule has 1 saturated heterocycles. The van der Waals surface area contributed by atoms with Crippen LogP contribution in [0.15, 0.2) is 53.4 Å². The van der Waals surface area contributed by atoms with Gasteiger partial charge in [0.05, 0.1) is 23.5 Å². The number of nitrogens with two attached hydrogens (primary N) is 1. The highest BCUT2D eigenvalue weighted by Gasteiger charge is 2.32. The maximum absolute atomic E-state index is 13.0. The standard InChI is InChI=1S/C23H27N3O6S/c1-2-32-23(29)17-7-9-19(10-8-17)33(30,31)26-13-11-16(12-14-26)22(28)25-20-6-4-3-5-18(20)15-21(24)27/h3-10,16H,2,11-15H2,1H3,(H2,24,27)(H,25,28). The predicted molar refractivity (Wildman–Crippen MR) is 122 cm³/mol. The smallest absolute Gasteiger partial charge is 0.338 e. The number of primary amides is 1. The maximum atomic E-state index is 13.0. The van der Waals surface area contributed by atoms with Crippen molar-refractivity contribution in [1.82, 2.24) is 4.31 Å². The van der Waals surface area contributed by atoms with E-state index in [9.17, 15) is 22.8 Å². The number of nitrogens with zero attached hydrogens (tertiary/aromatic N) is 1. The topological polar surface area (TPSA) is 136 Å². The summed E-state index contributed by atoms with van der Waals surface area (Å²) in [6, 6.07) is 12.6. The summed E-state index contributed by atoms with van der Waals surface area (Å²) in [5.74, 6) is -1.58. The Morgan fingerprint density at radius 2 is 1.70 bits per heavy atom. The van der Waals surface area contributed by atoms with Crippen molar-refractivity contribution in [2.45, 2.75) is 31.1 Å². The quantitative estimate of drug-likeness (QED) is 0.562. The van der Waals surface area contributed by atoms with E-state index in [0.717, 1.165) is 0 Å². The first-order valence-corrected chi connectivity index (χ1v) is 12.1. The van der Waals surface area contributed by atoms with E-state index in [1.54, 1.807) is 31.2 Å². The van der Waals surface area contributed by atoms with Crippen LogP contribution in [0.2, 0.25) is 0 Å². The first-order chi connectivity index (χ1) is 15.7. The molecule has 3 N–H and O–H groups in total. The summed E-state index contributed by atoms with van der Waals surface area (Å²) in [4.78, 5) is 35.9. The normalized spacial score (nSPS) is 15.1. The fourth-order valence-corrected chi connectivity index (χ4v) is 5.17. The van der Waals surface area contributed by atoms with E-state index in [0.29, 0.717) is 24.1 Å². The van der Waals surface area contributed by atoms with Gasteiger partial charge in [0.25, 0.3) is 0 Å². The minimum absolute atomic E-state index is 0.0160. The number of hydrogen-bond acceptors (Lipinski definition) is 6. The van der Waals surface area contributed by atoms with Crippen LogP contribution < -0.4 is 11.1 Å². The summed E-state index contributed by atoms with van der Waals surface area (Å²) in [6.07, 6.45) is 0.746. The third-order valence-electron chi connectivity index (χ3n) is 5.47. The lowest BCUT2D eigenvalue weighted by molar-refractivity contribution is -0.121. The molecule has 0 spiro atoms. The van der Waals surface area contributed by atoms with Crippen LogP contribution in [0.4, 0.5) is 5.69 Å². The summed E-state index contributed by atoms with van der Waals surface area (Å²) in [5.41, 5.74) is 6.71. The molecule has 1 fully saturated rings. The molecule has 3 rings (SSSR count). The van der Waals surface area contributed by atoms with Gasteiger partial charge in [0.2, 0.25) is 21.8 Å². The number of piperidine rings is 1. The van der Waals surface area contributed by atoms with Crippen LogP contribution >= 0.6 is 0 Å². The first kappa shape index (κ1) is 24.4. The van der Waals surface area contributed by atoms with Crippen LogP contribution in [0.25, 0.3) is 0 Å². The Balaban J connectivity index is 1.62. The molecule has 0 aromatic heterocycles. The number of nitrogens with one attached hydrogen (secondary N) is 1. The Bertz CT molecular complexity index is 1120. The van der Waals surface area contributed by atoms with E-state index >= 15 is 0 Å². The molecule has 2 aromatic carbocycles. The van der Waals surface area contributed by atoms with Gasteiger partial charge in [0.1, 0.15) is 0 Å². The number of esters is 1. The van der Waals surface area contributed by atoms with Crippen molar-refractivity contribution >= 4 is 33.5 Å². The van der Waals surface area contributed by atoms with E-state index in [1.165, 1.54) is 28.6 Å². The van der Waals surface area contributed by atoms with Crippen molar-refractivity contribution in [2.75, 3.05) is 25.0 Å². The number of carbonyl (C=O) groups is 3. The van der Waals surface area contributed by atoms with E-state index in [1.807, 2.05) is 0 Å². The van der Waals surface area contributed by atoms with Crippen LogP contribution in [-0.2, 0) is 30.8 Å². The lowest BCUT2D eigenvalue weighted by Gasteiger charge is -2.30. The first-order valence-electron chi connectivity index (χ1n) is 10.7. The number of amides is 2. The molecule has 10 heteroatoms. The highest BCUT2D eigenvalue weighted by Crippen LogP contribution is 2.26. The molecule has 33 heavy (non-hydrogen) atoms. The van der Waals surface area contributed by atoms with Gasteiger partial charge >= 0.3 is 5.97 Å². The van der Waals surface area contributed by atoms with Crippen molar-refractivity contribution in [3.05, 3.63) is 59.7 Å². The van der Waals surface area contributed by atoms with Gasteiger partial charge < -0.3 is 15.8 Å². The Labute approximate surface area is 193 Å². The number of ether oxygens (including phenoxy) is 1. The molecule has 0 saturated carbocycles. The molecule has 0 radical (unpaired) electrons. The van der Waals surface area contributed by atoms with Crippen molar-refractivity contribution in [3.8, 4) is 0 Å². The molecule has 2 aromatic rings. The molecule has 1 heterocycles. The average Bonchev–Trinajstić information content (AvgIpc) is 2.80. The molecule has 0 bridgehead atoms. The minimum Gasteiger partial charge on any atom is -0.462 e. The zero-order valence-corrected chi connectivity index (χ0v) is 19.1. The number of carbonyl (C=O) groups excluding carboxylic acids is 3. The van der Waals surface area contributed by atoms with Gasteiger partial charge in [-0.2, -0.15) is 4.31 Å². The largest absolute Gasteiger partial charge is 0.462 e. The van der Waals surface area contributed by atoms with Crippen molar-refractivity contribution < 1.29 is 27.5 Å². The van der Waals surface area contributed by atoms with Gasteiger partial charge in [-0.25, -0.2) is 13.2 Å². The highest BCUT2D eigenvalue weighted by molar-refractivity contribution is 7.89. The van der Waals surface area contributed by atoms with E-state index in [-0.39, 0.29) is 48.4 Å². The minimum atomic E-state index is -3.75. The zero-order chi connectivity index (χ0) is 24.0. The van der Waals surface area contributed by atoms with Gasteiger partial charge in [-0.3, -0.25) is 9.59 Å². The van der Waals surface area contributed by atoms with Crippen LogP contribution in [-0.4, -0.2) is 50.2 Å². The lowest BCUT2D eigenvalue weighted by atomic mass is 9.97. The third kappa shape index (κ3) is 5.96. The monoisotopic (exact) mass is 473 g/mol. The van der Waals surface area contributed by atoms with Crippen LogP contribution in [0.1, 0.15) is 35.7 Å². The molecule has 2 amide bonds. The highest BCUT2D eigenvalue weighted by atomic mass is 32.2. The SMILES string of the molecule is CCOC(=O)c1ccc(S(=O)(=O)N2CCC(C(=O)Nc3ccccc3CC(N)=O)CC2)cc1. The van der Waals surface area contributed by atoms with Gasteiger partial charge in [-0.1, -0.05) is 18.2 Å². The third-order valence-corrected chi connectivity index (χ3v) is 7.38. The van der Waals surface area contributed by atoms with Gasteiger partial charge in [0, 0.05) is 24.7 Å². The predicted octanol–water partition coefficient (Wildman–Crippen LogP) is 1.93. The van der Waals surface area contributed by atoms with Gasteiger partial charge in [-0.05, 0) is 55.7 Å². The second kappa shape index (κ2) is 10.6. The number of hydrogen-bond donors (Lipinski definition) is 2. The molecule has 0 atom stereocenters. The van der Waals surface area contributed by atoms with E-state index in [4.69, 9.17) is 10.5 Å². The Morgan fingerprint density at radius 3 is 2.30 bits per heavy atom. The maximum Gasteiger partial charge on any atom is 0.338 e. The Hall–Kier alpha value is -3.24. The average molecular weight is 474 g/mol. The summed E-state index contributed by atoms with van der Waals surface area (Å²) >= 11 is 0. The summed E-state index contributed by atoms with van der Waals surface area (Å²) in [7, 11) is -3.75. The van der Waals surface area contributed by atoms with Crippen LogP contribution in [0.5, 0.6) is 0 Å². The second-order valence-corrected chi connectivity index (χ2v) is 9.65. The fourth-order valence-electron chi connectivity index (χ4n) is 3.70. The number of para-hydroxylation sites is 1. The molecule has 1 aliphatic heterocycles.